The molecule has 0 radical (unpaired) electrons. The number of anilines is 2. The number of amides is 1. The molecule has 1 amide bonds. The van der Waals surface area contributed by atoms with Gasteiger partial charge in [0, 0.05) is 23.9 Å². The quantitative estimate of drug-likeness (QED) is 0.787. The van der Waals surface area contributed by atoms with Crippen LogP contribution in [0, 0.1) is 6.92 Å². The predicted octanol–water partition coefficient (Wildman–Crippen LogP) is 2.86. The molecule has 0 saturated heterocycles. The van der Waals surface area contributed by atoms with Crippen molar-refractivity contribution < 1.29 is 19.1 Å². The number of carbonyl (C=O) groups is 2. The molecular weight excluding hydrogens is 272 g/mol. The van der Waals surface area contributed by atoms with E-state index in [0.717, 1.165) is 5.69 Å². The van der Waals surface area contributed by atoms with Crippen LogP contribution in [-0.4, -0.2) is 17.0 Å². The van der Waals surface area contributed by atoms with Gasteiger partial charge >= 0.3 is 5.97 Å². The van der Waals surface area contributed by atoms with Gasteiger partial charge in [-0.25, -0.2) is 4.79 Å². The summed E-state index contributed by atoms with van der Waals surface area (Å²) < 4.78 is 5.26. The maximum absolute atomic E-state index is 11.0. The van der Waals surface area contributed by atoms with Crippen LogP contribution >= 0.6 is 0 Å². The van der Waals surface area contributed by atoms with Crippen LogP contribution < -0.4 is 10.6 Å². The molecule has 3 N–H and O–H groups in total. The van der Waals surface area contributed by atoms with E-state index in [4.69, 9.17) is 9.52 Å². The summed E-state index contributed by atoms with van der Waals surface area (Å²) in [4.78, 5) is 21.9. The van der Waals surface area contributed by atoms with Gasteiger partial charge < -0.3 is 20.2 Å². The van der Waals surface area contributed by atoms with Gasteiger partial charge in [0.1, 0.15) is 5.76 Å². The average molecular weight is 288 g/mol. The standard InChI is InChI=1S/C15H16N2O4/c1-9-6-13(21-14(9)15(19)20)8-16-11-4-3-5-12(7-11)17-10(2)18/h3-7,16H,8H2,1-2H3,(H,17,18)(H,19,20). The highest BCUT2D eigenvalue weighted by molar-refractivity contribution is 5.89. The van der Waals surface area contributed by atoms with Crippen molar-refractivity contribution in [3.8, 4) is 0 Å². The normalized spacial score (nSPS) is 10.2. The maximum atomic E-state index is 11.0. The lowest BCUT2D eigenvalue weighted by Gasteiger charge is -2.07. The van der Waals surface area contributed by atoms with Crippen molar-refractivity contribution in [1.29, 1.82) is 0 Å². The SMILES string of the molecule is CC(=O)Nc1cccc(NCc2cc(C)c(C(=O)O)o2)c1. The molecule has 0 aliphatic carbocycles. The molecule has 21 heavy (non-hydrogen) atoms. The molecule has 0 aliphatic rings. The Balaban J connectivity index is 2.04. The van der Waals surface area contributed by atoms with Gasteiger partial charge in [-0.05, 0) is 31.2 Å². The first-order valence-corrected chi connectivity index (χ1v) is 6.40. The first-order chi connectivity index (χ1) is 9.95. The van der Waals surface area contributed by atoms with Crippen LogP contribution in [0.1, 0.15) is 28.8 Å². The number of hydrogen-bond acceptors (Lipinski definition) is 4. The number of hydrogen-bond donors (Lipinski definition) is 3. The Kier molecular flexibility index (Phi) is 4.27. The van der Waals surface area contributed by atoms with Crippen molar-refractivity contribution in [3.63, 3.8) is 0 Å². The second-order valence-electron chi connectivity index (χ2n) is 4.65. The molecule has 0 fully saturated rings. The third-order valence-electron chi connectivity index (χ3n) is 2.81. The Morgan fingerprint density at radius 2 is 1.95 bits per heavy atom. The lowest BCUT2D eigenvalue weighted by Crippen LogP contribution is -2.06. The zero-order valence-electron chi connectivity index (χ0n) is 11.8. The molecular formula is C15H16N2O4. The number of aryl methyl sites for hydroxylation is 1. The number of nitrogens with one attached hydrogen (secondary N) is 2. The fourth-order valence-corrected chi connectivity index (χ4v) is 1.95. The van der Waals surface area contributed by atoms with Crippen LogP contribution in [0.5, 0.6) is 0 Å². The number of rotatable bonds is 5. The highest BCUT2D eigenvalue weighted by atomic mass is 16.4. The van der Waals surface area contributed by atoms with Gasteiger partial charge in [-0.15, -0.1) is 0 Å². The van der Waals surface area contributed by atoms with Crippen LogP contribution in [-0.2, 0) is 11.3 Å². The molecule has 0 atom stereocenters. The highest BCUT2D eigenvalue weighted by Crippen LogP contribution is 2.18. The van der Waals surface area contributed by atoms with Crippen LogP contribution in [0.25, 0.3) is 0 Å². The van der Waals surface area contributed by atoms with Crippen molar-refractivity contribution in [1.82, 2.24) is 0 Å². The average Bonchev–Trinajstić information content (AvgIpc) is 2.77. The molecule has 6 heteroatoms. The Labute approximate surface area is 121 Å². The van der Waals surface area contributed by atoms with Gasteiger partial charge in [-0.1, -0.05) is 6.07 Å². The summed E-state index contributed by atoms with van der Waals surface area (Å²) in [7, 11) is 0. The molecule has 0 saturated carbocycles. The summed E-state index contributed by atoms with van der Waals surface area (Å²) in [5.74, 6) is -0.722. The molecule has 2 rings (SSSR count). The smallest absolute Gasteiger partial charge is 0.372 e. The fraction of sp³-hybridized carbons (Fsp3) is 0.200. The number of benzene rings is 1. The number of carbonyl (C=O) groups excluding carboxylic acids is 1. The molecule has 0 spiro atoms. The van der Waals surface area contributed by atoms with Crippen LogP contribution in [0.4, 0.5) is 11.4 Å². The molecule has 6 nitrogen and oxygen atoms in total. The Morgan fingerprint density at radius 1 is 1.24 bits per heavy atom. The van der Waals surface area contributed by atoms with E-state index >= 15 is 0 Å². The van der Waals surface area contributed by atoms with E-state index in [2.05, 4.69) is 10.6 Å². The molecule has 0 aliphatic heterocycles. The number of furan rings is 1. The second-order valence-corrected chi connectivity index (χ2v) is 4.65. The molecule has 1 aromatic heterocycles. The van der Waals surface area contributed by atoms with Crippen LogP contribution in [0.15, 0.2) is 34.7 Å². The molecule has 1 heterocycles. The first kappa shape index (κ1) is 14.6. The lowest BCUT2D eigenvalue weighted by atomic mass is 10.2. The van der Waals surface area contributed by atoms with Crippen molar-refractivity contribution in [2.75, 3.05) is 10.6 Å². The van der Waals surface area contributed by atoms with E-state index in [1.807, 2.05) is 12.1 Å². The van der Waals surface area contributed by atoms with E-state index in [1.54, 1.807) is 25.1 Å². The van der Waals surface area contributed by atoms with Crippen molar-refractivity contribution >= 4 is 23.3 Å². The third-order valence-corrected chi connectivity index (χ3v) is 2.81. The summed E-state index contributed by atoms with van der Waals surface area (Å²) in [6.45, 7) is 3.49. The fourth-order valence-electron chi connectivity index (χ4n) is 1.95. The van der Waals surface area contributed by atoms with Crippen molar-refractivity contribution in [2.45, 2.75) is 20.4 Å². The monoisotopic (exact) mass is 288 g/mol. The van der Waals surface area contributed by atoms with Gasteiger partial charge in [-0.3, -0.25) is 4.79 Å². The summed E-state index contributed by atoms with van der Waals surface area (Å²) in [5.41, 5.74) is 2.08. The molecule has 0 bridgehead atoms. The van der Waals surface area contributed by atoms with E-state index in [9.17, 15) is 9.59 Å². The van der Waals surface area contributed by atoms with E-state index < -0.39 is 5.97 Å². The molecule has 110 valence electrons. The summed E-state index contributed by atoms with van der Waals surface area (Å²) in [6.07, 6.45) is 0. The van der Waals surface area contributed by atoms with Gasteiger partial charge in [-0.2, -0.15) is 0 Å². The van der Waals surface area contributed by atoms with E-state index in [-0.39, 0.29) is 11.7 Å². The van der Waals surface area contributed by atoms with Gasteiger partial charge in [0.15, 0.2) is 0 Å². The van der Waals surface area contributed by atoms with Crippen molar-refractivity contribution in [2.24, 2.45) is 0 Å². The maximum Gasteiger partial charge on any atom is 0.372 e. The zero-order valence-corrected chi connectivity index (χ0v) is 11.8. The van der Waals surface area contributed by atoms with Gasteiger partial charge in [0.25, 0.3) is 0 Å². The molecule has 2 aromatic rings. The predicted molar refractivity (Wildman–Crippen MR) is 78.5 cm³/mol. The minimum absolute atomic E-state index is 0.0428. The van der Waals surface area contributed by atoms with E-state index in [0.29, 0.717) is 23.6 Å². The second kappa shape index (κ2) is 6.13. The molecule has 0 unspecified atom stereocenters. The minimum atomic E-state index is -1.08. The third kappa shape index (κ3) is 3.85. The Bertz CT molecular complexity index is 676. The Morgan fingerprint density at radius 3 is 2.57 bits per heavy atom. The topological polar surface area (TPSA) is 91.6 Å². The summed E-state index contributed by atoms with van der Waals surface area (Å²) >= 11 is 0. The minimum Gasteiger partial charge on any atom is -0.475 e. The first-order valence-electron chi connectivity index (χ1n) is 6.40. The lowest BCUT2D eigenvalue weighted by molar-refractivity contribution is -0.114. The van der Waals surface area contributed by atoms with E-state index in [1.165, 1.54) is 6.92 Å². The van der Waals surface area contributed by atoms with Gasteiger partial charge in [0.05, 0.1) is 6.54 Å². The Hall–Kier alpha value is -2.76. The number of carboxylic acids is 1. The summed E-state index contributed by atoms with van der Waals surface area (Å²) in [6, 6.07) is 8.92. The number of carboxylic acid groups (broad SMARTS) is 1. The van der Waals surface area contributed by atoms with Gasteiger partial charge in [0.2, 0.25) is 11.7 Å². The van der Waals surface area contributed by atoms with Crippen LogP contribution in [0.2, 0.25) is 0 Å². The number of aromatic carboxylic acids is 1. The highest BCUT2D eigenvalue weighted by Gasteiger charge is 2.13. The van der Waals surface area contributed by atoms with Crippen LogP contribution in [0.3, 0.4) is 0 Å². The summed E-state index contributed by atoms with van der Waals surface area (Å²) in [5, 5.41) is 14.7. The van der Waals surface area contributed by atoms with Crippen molar-refractivity contribution in [3.05, 3.63) is 47.4 Å². The molecule has 1 aromatic carbocycles. The largest absolute Gasteiger partial charge is 0.475 e. The zero-order chi connectivity index (χ0) is 15.4.